The number of likely N-dealkylation sites (N-methyl/N-ethyl adjacent to an activating group) is 1. The van der Waals surface area contributed by atoms with Gasteiger partial charge in [0.25, 0.3) is 0 Å². The summed E-state index contributed by atoms with van der Waals surface area (Å²) in [6.07, 6.45) is 7.34. The first-order valence-corrected chi connectivity index (χ1v) is 9.69. The zero-order chi connectivity index (χ0) is 17.9. The molecule has 0 bridgehead atoms. The zero-order valence-electron chi connectivity index (χ0n) is 15.8. The highest BCUT2D eigenvalue weighted by molar-refractivity contribution is 5.72. The molecular weight excluding hydrogens is 314 g/mol. The molecule has 0 amide bonds. The van der Waals surface area contributed by atoms with Gasteiger partial charge in [-0.05, 0) is 38.8 Å². The summed E-state index contributed by atoms with van der Waals surface area (Å²) >= 11 is 0. The molecule has 0 spiro atoms. The molecule has 2 rings (SSSR count). The van der Waals surface area contributed by atoms with Crippen LogP contribution in [0.2, 0.25) is 0 Å². The van der Waals surface area contributed by atoms with E-state index >= 15 is 0 Å². The average Bonchev–Trinajstić information content (AvgIpc) is 2.65. The molecule has 0 saturated heterocycles. The normalized spacial score (nSPS) is 16.8. The summed E-state index contributed by atoms with van der Waals surface area (Å²) in [5, 5.41) is 0. The van der Waals surface area contributed by atoms with E-state index in [2.05, 4.69) is 36.2 Å². The summed E-state index contributed by atoms with van der Waals surface area (Å²) in [4.78, 5) is 14.5. The van der Waals surface area contributed by atoms with E-state index in [1.165, 1.54) is 24.8 Å². The topological polar surface area (TPSA) is 38.8 Å². The Morgan fingerprint density at radius 2 is 1.92 bits per heavy atom. The van der Waals surface area contributed by atoms with Gasteiger partial charge in [0, 0.05) is 13.1 Å². The summed E-state index contributed by atoms with van der Waals surface area (Å²) in [6.45, 7) is 4.35. The van der Waals surface area contributed by atoms with Crippen molar-refractivity contribution < 1.29 is 14.3 Å². The molecule has 0 aromatic heterocycles. The van der Waals surface area contributed by atoms with E-state index in [0.717, 1.165) is 25.8 Å². The van der Waals surface area contributed by atoms with Gasteiger partial charge < -0.3 is 14.4 Å². The minimum Gasteiger partial charge on any atom is -0.466 e. The predicted molar refractivity (Wildman–Crippen MR) is 101 cm³/mol. The number of ether oxygens (including phenoxy) is 2. The van der Waals surface area contributed by atoms with Crippen LogP contribution in [0.15, 0.2) is 30.3 Å². The summed E-state index contributed by atoms with van der Waals surface area (Å²) in [7, 11) is 2.07. The van der Waals surface area contributed by atoms with Gasteiger partial charge in [-0.3, -0.25) is 4.79 Å². The Morgan fingerprint density at radius 1 is 1.20 bits per heavy atom. The van der Waals surface area contributed by atoms with Crippen LogP contribution in [0.4, 0.5) is 0 Å². The molecule has 0 heterocycles. The number of carbonyl (C=O) groups excluding carboxylic acids is 1. The molecular formula is C21H33NO3. The van der Waals surface area contributed by atoms with E-state index in [1.807, 2.05) is 13.0 Å². The van der Waals surface area contributed by atoms with Crippen molar-refractivity contribution in [2.45, 2.75) is 51.6 Å². The van der Waals surface area contributed by atoms with Crippen LogP contribution in [-0.2, 0) is 20.7 Å². The van der Waals surface area contributed by atoms with Gasteiger partial charge in [-0.25, -0.2) is 0 Å². The van der Waals surface area contributed by atoms with Crippen molar-refractivity contribution in [3.63, 3.8) is 0 Å². The SMILES string of the molecule is CCOC(=O)C(COC1CCCCC1)CN(C)CCc1ccccc1. The number of esters is 1. The second-order valence-electron chi connectivity index (χ2n) is 7.04. The minimum absolute atomic E-state index is 0.134. The maximum Gasteiger partial charge on any atom is 0.312 e. The molecule has 4 nitrogen and oxygen atoms in total. The van der Waals surface area contributed by atoms with E-state index in [9.17, 15) is 4.79 Å². The number of rotatable bonds is 10. The van der Waals surface area contributed by atoms with E-state index in [0.29, 0.717) is 25.9 Å². The highest BCUT2D eigenvalue weighted by atomic mass is 16.5. The highest BCUT2D eigenvalue weighted by Gasteiger charge is 2.24. The molecule has 1 fully saturated rings. The molecule has 0 aliphatic heterocycles. The fourth-order valence-corrected chi connectivity index (χ4v) is 3.37. The van der Waals surface area contributed by atoms with Crippen molar-refractivity contribution in [1.82, 2.24) is 4.90 Å². The van der Waals surface area contributed by atoms with Gasteiger partial charge in [0.1, 0.15) is 0 Å². The lowest BCUT2D eigenvalue weighted by atomic mass is 9.97. The van der Waals surface area contributed by atoms with E-state index in [1.54, 1.807) is 0 Å². The standard InChI is InChI=1S/C21H33NO3/c1-3-24-21(23)19(17-25-20-12-8-5-9-13-20)16-22(2)15-14-18-10-6-4-7-11-18/h4,6-7,10-11,19-20H,3,5,8-9,12-17H2,1-2H3. The second-order valence-corrected chi connectivity index (χ2v) is 7.04. The summed E-state index contributed by atoms with van der Waals surface area (Å²) in [5.41, 5.74) is 1.32. The first kappa shape index (κ1) is 19.9. The van der Waals surface area contributed by atoms with Crippen LogP contribution in [0, 0.1) is 5.92 Å². The highest BCUT2D eigenvalue weighted by Crippen LogP contribution is 2.21. The molecule has 1 atom stereocenters. The van der Waals surface area contributed by atoms with Crippen LogP contribution in [0.3, 0.4) is 0 Å². The van der Waals surface area contributed by atoms with Gasteiger partial charge in [0.15, 0.2) is 0 Å². The molecule has 140 valence electrons. The Morgan fingerprint density at radius 3 is 2.60 bits per heavy atom. The minimum atomic E-state index is -0.206. The van der Waals surface area contributed by atoms with Crippen LogP contribution >= 0.6 is 0 Å². The zero-order valence-corrected chi connectivity index (χ0v) is 15.8. The van der Waals surface area contributed by atoms with Crippen molar-refractivity contribution in [3.05, 3.63) is 35.9 Å². The number of hydrogen-bond donors (Lipinski definition) is 0. The molecule has 1 aliphatic rings. The van der Waals surface area contributed by atoms with E-state index < -0.39 is 0 Å². The Bertz CT molecular complexity index is 485. The Kier molecular flexibility index (Phi) is 8.98. The average molecular weight is 347 g/mol. The molecule has 0 radical (unpaired) electrons. The molecule has 1 aliphatic carbocycles. The Labute approximate surface area is 152 Å². The lowest BCUT2D eigenvalue weighted by Crippen LogP contribution is -2.36. The van der Waals surface area contributed by atoms with Gasteiger partial charge in [-0.2, -0.15) is 0 Å². The van der Waals surface area contributed by atoms with Gasteiger partial charge in [-0.15, -0.1) is 0 Å². The summed E-state index contributed by atoms with van der Waals surface area (Å²) < 4.78 is 11.3. The van der Waals surface area contributed by atoms with Crippen molar-refractivity contribution in [2.75, 3.05) is 33.4 Å². The number of nitrogens with zero attached hydrogens (tertiary/aromatic N) is 1. The number of hydrogen-bond acceptors (Lipinski definition) is 4. The van der Waals surface area contributed by atoms with Crippen LogP contribution in [0.5, 0.6) is 0 Å². The Hall–Kier alpha value is -1.39. The lowest BCUT2D eigenvalue weighted by Gasteiger charge is -2.26. The van der Waals surface area contributed by atoms with Crippen LogP contribution < -0.4 is 0 Å². The third-order valence-corrected chi connectivity index (χ3v) is 4.86. The maximum absolute atomic E-state index is 12.3. The molecule has 0 N–H and O–H groups in total. The van der Waals surface area contributed by atoms with Gasteiger partial charge >= 0.3 is 5.97 Å². The maximum atomic E-state index is 12.3. The first-order chi connectivity index (χ1) is 12.2. The summed E-state index contributed by atoms with van der Waals surface area (Å²) in [6, 6.07) is 10.4. The van der Waals surface area contributed by atoms with Crippen molar-refractivity contribution >= 4 is 5.97 Å². The molecule has 1 saturated carbocycles. The van der Waals surface area contributed by atoms with Gasteiger partial charge in [0.2, 0.25) is 0 Å². The van der Waals surface area contributed by atoms with Crippen LogP contribution in [-0.4, -0.2) is 50.3 Å². The van der Waals surface area contributed by atoms with E-state index in [4.69, 9.17) is 9.47 Å². The van der Waals surface area contributed by atoms with Gasteiger partial charge in [0.05, 0.1) is 25.2 Å². The smallest absolute Gasteiger partial charge is 0.312 e. The van der Waals surface area contributed by atoms with Crippen LogP contribution in [0.1, 0.15) is 44.6 Å². The molecule has 1 aromatic rings. The monoisotopic (exact) mass is 347 g/mol. The quantitative estimate of drug-likeness (QED) is 0.605. The fraction of sp³-hybridized carbons (Fsp3) is 0.667. The largest absolute Gasteiger partial charge is 0.466 e. The molecule has 25 heavy (non-hydrogen) atoms. The predicted octanol–water partition coefficient (Wildman–Crippen LogP) is 3.69. The third-order valence-electron chi connectivity index (χ3n) is 4.86. The van der Waals surface area contributed by atoms with Gasteiger partial charge in [-0.1, -0.05) is 49.6 Å². The lowest BCUT2D eigenvalue weighted by molar-refractivity contribution is -0.152. The van der Waals surface area contributed by atoms with Crippen molar-refractivity contribution in [1.29, 1.82) is 0 Å². The Balaban J connectivity index is 1.80. The van der Waals surface area contributed by atoms with Crippen LogP contribution in [0.25, 0.3) is 0 Å². The van der Waals surface area contributed by atoms with Crippen molar-refractivity contribution in [3.8, 4) is 0 Å². The first-order valence-electron chi connectivity index (χ1n) is 9.69. The summed E-state index contributed by atoms with van der Waals surface area (Å²) in [5.74, 6) is -0.340. The van der Waals surface area contributed by atoms with E-state index in [-0.39, 0.29) is 11.9 Å². The number of benzene rings is 1. The second kappa shape index (κ2) is 11.3. The fourth-order valence-electron chi connectivity index (χ4n) is 3.37. The third kappa shape index (κ3) is 7.57. The van der Waals surface area contributed by atoms with Crippen molar-refractivity contribution in [2.24, 2.45) is 5.92 Å². The number of carbonyl (C=O) groups is 1. The molecule has 1 aromatic carbocycles. The molecule has 4 heteroatoms. The molecule has 1 unspecified atom stereocenters.